The van der Waals surface area contributed by atoms with Crippen LogP contribution in [0.5, 0.6) is 0 Å². The van der Waals surface area contributed by atoms with Gasteiger partial charge in [-0.1, -0.05) is 30.3 Å². The Labute approximate surface area is 171 Å². The van der Waals surface area contributed by atoms with Crippen LogP contribution in [0, 0.1) is 15.9 Å². The molecule has 0 atom stereocenters. The van der Waals surface area contributed by atoms with Gasteiger partial charge in [0.2, 0.25) is 5.91 Å². The zero-order valence-corrected chi connectivity index (χ0v) is 16.0. The summed E-state index contributed by atoms with van der Waals surface area (Å²) in [6, 6.07) is 12.4. The summed E-state index contributed by atoms with van der Waals surface area (Å²) in [7, 11) is 0. The number of thiocarbonyl (C=S) groups is 1. The van der Waals surface area contributed by atoms with Crippen LogP contribution in [0.4, 0.5) is 15.8 Å². The molecule has 1 amide bonds. The summed E-state index contributed by atoms with van der Waals surface area (Å²) in [5.41, 5.74) is 0.453. The first kappa shape index (κ1) is 21.9. The number of nitro groups is 1. The molecule has 0 saturated carbocycles. The standard InChI is InChI=1S/C19H18FN3O5S/c20-15-7-6-14(23(26)27)12-16(15)21-19(29)22-17(24)8-9-18(25)28-11-10-13-4-2-1-3-5-13/h1-7,12H,8-11H2,(H2,21,22,24,29). The molecule has 0 unspecified atom stereocenters. The van der Waals surface area contributed by atoms with E-state index >= 15 is 0 Å². The molecule has 2 N–H and O–H groups in total. The number of anilines is 1. The highest BCUT2D eigenvalue weighted by atomic mass is 32.1. The minimum atomic E-state index is -0.769. The van der Waals surface area contributed by atoms with E-state index in [0.717, 1.165) is 23.8 Å². The van der Waals surface area contributed by atoms with Gasteiger partial charge < -0.3 is 15.4 Å². The van der Waals surface area contributed by atoms with E-state index in [4.69, 9.17) is 17.0 Å². The van der Waals surface area contributed by atoms with Crippen LogP contribution in [-0.2, 0) is 20.7 Å². The van der Waals surface area contributed by atoms with E-state index in [9.17, 15) is 24.1 Å². The van der Waals surface area contributed by atoms with Crippen LogP contribution in [-0.4, -0.2) is 28.5 Å². The molecule has 0 aliphatic heterocycles. The largest absolute Gasteiger partial charge is 0.465 e. The fourth-order valence-electron chi connectivity index (χ4n) is 2.28. The van der Waals surface area contributed by atoms with Crippen LogP contribution >= 0.6 is 12.2 Å². The van der Waals surface area contributed by atoms with Crippen LogP contribution in [0.15, 0.2) is 48.5 Å². The van der Waals surface area contributed by atoms with Crippen LogP contribution in [0.3, 0.4) is 0 Å². The summed E-state index contributed by atoms with van der Waals surface area (Å²) in [6.07, 6.45) is 0.249. The summed E-state index contributed by atoms with van der Waals surface area (Å²) in [4.78, 5) is 33.6. The number of nitrogens with zero attached hydrogens (tertiary/aromatic N) is 1. The smallest absolute Gasteiger partial charge is 0.306 e. The first-order valence-corrected chi connectivity index (χ1v) is 9.00. The summed E-state index contributed by atoms with van der Waals surface area (Å²) in [6.45, 7) is 0.205. The van der Waals surface area contributed by atoms with Crippen molar-refractivity contribution in [1.82, 2.24) is 5.32 Å². The normalized spacial score (nSPS) is 10.1. The molecule has 152 valence electrons. The van der Waals surface area contributed by atoms with E-state index in [1.165, 1.54) is 0 Å². The maximum Gasteiger partial charge on any atom is 0.306 e. The molecule has 2 aromatic rings. The summed E-state index contributed by atoms with van der Waals surface area (Å²) in [5, 5.41) is 15.2. The lowest BCUT2D eigenvalue weighted by Crippen LogP contribution is -2.34. The second-order valence-electron chi connectivity index (χ2n) is 5.88. The minimum Gasteiger partial charge on any atom is -0.465 e. The minimum absolute atomic E-state index is 0.144. The fourth-order valence-corrected chi connectivity index (χ4v) is 2.50. The third-order valence-electron chi connectivity index (χ3n) is 3.71. The Bertz CT molecular complexity index is 908. The van der Waals surface area contributed by atoms with Gasteiger partial charge in [-0.15, -0.1) is 0 Å². The molecule has 0 spiro atoms. The molecule has 0 bridgehead atoms. The maximum absolute atomic E-state index is 13.7. The van der Waals surface area contributed by atoms with Crippen molar-refractivity contribution in [1.29, 1.82) is 0 Å². The van der Waals surface area contributed by atoms with E-state index in [2.05, 4.69) is 10.6 Å². The number of nitrogens with one attached hydrogen (secondary N) is 2. The Morgan fingerprint density at radius 1 is 1.14 bits per heavy atom. The second kappa shape index (κ2) is 10.8. The fraction of sp³-hybridized carbons (Fsp3) is 0.211. The SMILES string of the molecule is O=C(CCC(=O)OCCc1ccccc1)NC(=S)Nc1cc([N+](=O)[O-])ccc1F. The predicted molar refractivity (Wildman–Crippen MR) is 108 cm³/mol. The summed E-state index contributed by atoms with van der Waals surface area (Å²) < 4.78 is 18.8. The number of benzene rings is 2. The summed E-state index contributed by atoms with van der Waals surface area (Å²) in [5.74, 6) is -1.87. The quantitative estimate of drug-likeness (QED) is 0.293. The van der Waals surface area contributed by atoms with Gasteiger partial charge in [-0.25, -0.2) is 4.39 Å². The molecule has 0 fully saturated rings. The number of halogens is 1. The average molecular weight is 419 g/mol. The lowest BCUT2D eigenvalue weighted by Gasteiger charge is -2.10. The van der Waals surface area contributed by atoms with E-state index < -0.39 is 22.6 Å². The zero-order chi connectivity index (χ0) is 21.2. The number of amides is 1. The molecule has 8 nitrogen and oxygen atoms in total. The molecule has 2 rings (SSSR count). The molecule has 0 heterocycles. The van der Waals surface area contributed by atoms with Gasteiger partial charge in [-0.2, -0.15) is 0 Å². The van der Waals surface area contributed by atoms with Crippen LogP contribution < -0.4 is 10.6 Å². The van der Waals surface area contributed by atoms with Gasteiger partial charge in [0.25, 0.3) is 5.69 Å². The molecule has 0 radical (unpaired) electrons. The number of hydrogen-bond donors (Lipinski definition) is 2. The van der Waals surface area contributed by atoms with Crippen molar-refractivity contribution < 1.29 is 23.6 Å². The molecule has 0 aromatic heterocycles. The lowest BCUT2D eigenvalue weighted by molar-refractivity contribution is -0.384. The Balaban J connectivity index is 1.71. The van der Waals surface area contributed by atoms with Gasteiger partial charge in [0, 0.05) is 25.0 Å². The monoisotopic (exact) mass is 419 g/mol. The van der Waals surface area contributed by atoms with E-state index in [1.807, 2.05) is 30.3 Å². The van der Waals surface area contributed by atoms with Gasteiger partial charge in [0.1, 0.15) is 5.82 Å². The molecule has 10 heteroatoms. The van der Waals surface area contributed by atoms with E-state index in [-0.39, 0.29) is 35.9 Å². The first-order valence-electron chi connectivity index (χ1n) is 8.59. The van der Waals surface area contributed by atoms with E-state index in [1.54, 1.807) is 0 Å². The van der Waals surface area contributed by atoms with Crippen molar-refractivity contribution in [2.75, 3.05) is 11.9 Å². The van der Waals surface area contributed by atoms with E-state index in [0.29, 0.717) is 6.42 Å². The van der Waals surface area contributed by atoms with Crippen molar-refractivity contribution in [2.24, 2.45) is 0 Å². The number of hydrogen-bond acceptors (Lipinski definition) is 6. The lowest BCUT2D eigenvalue weighted by atomic mass is 10.2. The highest BCUT2D eigenvalue weighted by molar-refractivity contribution is 7.80. The van der Waals surface area contributed by atoms with Crippen molar-refractivity contribution >= 4 is 40.6 Å². The van der Waals surface area contributed by atoms with Crippen molar-refractivity contribution in [2.45, 2.75) is 19.3 Å². The Morgan fingerprint density at radius 3 is 2.55 bits per heavy atom. The van der Waals surface area contributed by atoms with Crippen molar-refractivity contribution in [3.8, 4) is 0 Å². The molecular formula is C19H18FN3O5S. The number of ether oxygens (including phenoxy) is 1. The number of nitro benzene ring substituents is 1. The second-order valence-corrected chi connectivity index (χ2v) is 6.29. The van der Waals surface area contributed by atoms with Gasteiger partial charge in [0.15, 0.2) is 5.11 Å². The van der Waals surface area contributed by atoms with Gasteiger partial charge in [-0.3, -0.25) is 19.7 Å². The van der Waals surface area contributed by atoms with Gasteiger partial charge in [-0.05, 0) is 23.8 Å². The van der Waals surface area contributed by atoms with Crippen LogP contribution in [0.25, 0.3) is 0 Å². The number of carbonyl (C=O) groups is 2. The Hall–Kier alpha value is -3.40. The summed E-state index contributed by atoms with van der Waals surface area (Å²) >= 11 is 4.89. The average Bonchev–Trinajstić information content (AvgIpc) is 2.68. The maximum atomic E-state index is 13.7. The van der Waals surface area contributed by atoms with Gasteiger partial charge >= 0.3 is 5.97 Å². The van der Waals surface area contributed by atoms with Crippen molar-refractivity contribution in [3.63, 3.8) is 0 Å². The highest BCUT2D eigenvalue weighted by Crippen LogP contribution is 2.21. The predicted octanol–water partition coefficient (Wildman–Crippen LogP) is 3.11. The van der Waals surface area contributed by atoms with Gasteiger partial charge in [0.05, 0.1) is 23.6 Å². The van der Waals surface area contributed by atoms with Crippen LogP contribution in [0.1, 0.15) is 18.4 Å². The molecule has 2 aromatic carbocycles. The number of non-ortho nitro benzene ring substituents is 1. The number of carbonyl (C=O) groups excluding carboxylic acids is 2. The van der Waals surface area contributed by atoms with Crippen LogP contribution in [0.2, 0.25) is 0 Å². The molecule has 0 saturated heterocycles. The zero-order valence-electron chi connectivity index (χ0n) is 15.2. The highest BCUT2D eigenvalue weighted by Gasteiger charge is 2.14. The third kappa shape index (κ3) is 7.62. The number of esters is 1. The van der Waals surface area contributed by atoms with Crippen molar-refractivity contribution in [3.05, 3.63) is 70.0 Å². The first-order chi connectivity index (χ1) is 13.8. The molecule has 0 aliphatic rings. The number of rotatable bonds is 8. The molecule has 0 aliphatic carbocycles. The Kier molecular flexibility index (Phi) is 8.16. The molecular weight excluding hydrogens is 401 g/mol. The molecule has 29 heavy (non-hydrogen) atoms. The third-order valence-corrected chi connectivity index (χ3v) is 3.92. The topological polar surface area (TPSA) is 111 Å². The Morgan fingerprint density at radius 2 is 1.86 bits per heavy atom.